The van der Waals surface area contributed by atoms with Crippen molar-refractivity contribution in [1.29, 1.82) is 0 Å². The minimum atomic E-state index is -1.06. The molecule has 1 heterocycles. The van der Waals surface area contributed by atoms with Gasteiger partial charge in [0.05, 0.1) is 40.9 Å². The van der Waals surface area contributed by atoms with E-state index in [4.69, 9.17) is 9.47 Å². The number of hydrogen-bond donors (Lipinski definition) is 1. The number of nitrogens with zero attached hydrogens (tertiary/aromatic N) is 1. The molecule has 0 aromatic heterocycles. The number of nitrogens with one attached hydrogen (secondary N) is 1. The van der Waals surface area contributed by atoms with Gasteiger partial charge in [-0.15, -0.1) is 0 Å². The van der Waals surface area contributed by atoms with Crippen LogP contribution in [0.4, 0.5) is 5.69 Å². The number of allylic oxidation sites excluding steroid dienone is 2. The molecule has 1 atom stereocenters. The summed E-state index contributed by atoms with van der Waals surface area (Å²) in [5, 5.41) is 13.9. The number of ether oxygens (including phenoxy) is 2. The van der Waals surface area contributed by atoms with Crippen molar-refractivity contribution in [3.8, 4) is 0 Å². The topological polar surface area (TPSA) is 125 Å². The highest BCUT2D eigenvalue weighted by Crippen LogP contribution is 2.39. The second-order valence-corrected chi connectivity index (χ2v) is 5.83. The second kappa shape index (κ2) is 8.94. The lowest BCUT2D eigenvalue weighted by molar-refractivity contribution is -0.384. The van der Waals surface area contributed by atoms with Crippen molar-refractivity contribution in [2.24, 2.45) is 0 Å². The fourth-order valence-electron chi connectivity index (χ4n) is 3.01. The smallest absolute Gasteiger partial charge is 0.337 e. The molecule has 1 aliphatic heterocycles. The molecule has 0 amide bonds. The minimum Gasteiger partial charge on any atom is -0.463 e. The molecule has 0 saturated carbocycles. The van der Waals surface area contributed by atoms with Gasteiger partial charge in [0.1, 0.15) is 0 Å². The van der Waals surface area contributed by atoms with Gasteiger partial charge >= 0.3 is 11.9 Å². The number of rotatable bonds is 7. The van der Waals surface area contributed by atoms with E-state index in [0.717, 1.165) is 0 Å². The van der Waals surface area contributed by atoms with Gasteiger partial charge in [0.25, 0.3) is 5.69 Å². The standard InChI is InChI=1S/C19H20N2O7/c1-4-27-18(23)15-11(3)20-14(10-22)17(19(24)28-5-2)16(15)12-7-6-8-13(9-12)21(25)26/h6-10,16,20H,4-5H2,1-3H3. The van der Waals surface area contributed by atoms with E-state index in [1.807, 2.05) is 0 Å². The molecule has 9 nitrogen and oxygen atoms in total. The van der Waals surface area contributed by atoms with Crippen LogP contribution >= 0.6 is 0 Å². The Labute approximate surface area is 161 Å². The Hall–Kier alpha value is -3.49. The molecule has 28 heavy (non-hydrogen) atoms. The van der Waals surface area contributed by atoms with Gasteiger partial charge in [-0.3, -0.25) is 14.9 Å². The van der Waals surface area contributed by atoms with Crippen molar-refractivity contribution in [2.75, 3.05) is 13.2 Å². The third-order valence-corrected chi connectivity index (χ3v) is 4.12. The van der Waals surface area contributed by atoms with Crippen LogP contribution in [0.15, 0.2) is 46.8 Å². The summed E-state index contributed by atoms with van der Waals surface area (Å²) in [6.07, 6.45) is 0.446. The Morgan fingerprint density at radius 1 is 1.18 bits per heavy atom. The van der Waals surface area contributed by atoms with Gasteiger partial charge in [0, 0.05) is 17.8 Å². The van der Waals surface area contributed by atoms with Gasteiger partial charge in [-0.05, 0) is 26.3 Å². The number of carbonyl (C=O) groups is 3. The van der Waals surface area contributed by atoms with Gasteiger partial charge in [-0.25, -0.2) is 9.59 Å². The highest BCUT2D eigenvalue weighted by atomic mass is 16.6. The molecule has 9 heteroatoms. The number of esters is 2. The normalized spacial score (nSPS) is 16.3. The van der Waals surface area contributed by atoms with Gasteiger partial charge in [0.2, 0.25) is 0 Å². The highest BCUT2D eigenvalue weighted by Gasteiger charge is 2.39. The van der Waals surface area contributed by atoms with Crippen LogP contribution in [0.3, 0.4) is 0 Å². The van der Waals surface area contributed by atoms with E-state index >= 15 is 0 Å². The maximum atomic E-state index is 12.6. The number of non-ortho nitro benzene ring substituents is 1. The number of nitro groups is 1. The first-order chi connectivity index (χ1) is 13.3. The summed E-state index contributed by atoms with van der Waals surface area (Å²) in [6.45, 7) is 4.93. The summed E-state index contributed by atoms with van der Waals surface area (Å²) in [5.74, 6) is -2.56. The maximum absolute atomic E-state index is 12.6. The molecule has 2 rings (SSSR count). The summed E-state index contributed by atoms with van der Waals surface area (Å²) < 4.78 is 10.2. The zero-order valence-corrected chi connectivity index (χ0v) is 15.7. The van der Waals surface area contributed by atoms with Crippen molar-refractivity contribution in [2.45, 2.75) is 26.7 Å². The molecule has 0 aliphatic carbocycles. The van der Waals surface area contributed by atoms with Crippen LogP contribution in [0.2, 0.25) is 0 Å². The third-order valence-electron chi connectivity index (χ3n) is 4.12. The number of benzene rings is 1. The first-order valence-electron chi connectivity index (χ1n) is 8.61. The third kappa shape index (κ3) is 4.08. The summed E-state index contributed by atoms with van der Waals surface area (Å²) in [6, 6.07) is 5.53. The van der Waals surface area contributed by atoms with E-state index in [9.17, 15) is 24.5 Å². The Morgan fingerprint density at radius 3 is 2.32 bits per heavy atom. The predicted octanol–water partition coefficient (Wildman–Crippen LogP) is 2.13. The summed E-state index contributed by atoms with van der Waals surface area (Å²) in [4.78, 5) is 47.4. The number of hydrogen-bond acceptors (Lipinski definition) is 8. The average molecular weight is 388 g/mol. The second-order valence-electron chi connectivity index (χ2n) is 5.83. The Kier molecular flexibility index (Phi) is 6.64. The lowest BCUT2D eigenvalue weighted by Gasteiger charge is -2.29. The van der Waals surface area contributed by atoms with Crippen molar-refractivity contribution in [1.82, 2.24) is 5.32 Å². The molecule has 0 fully saturated rings. The minimum absolute atomic E-state index is 0.0492. The zero-order valence-electron chi connectivity index (χ0n) is 15.7. The van der Waals surface area contributed by atoms with Crippen LogP contribution in [0.1, 0.15) is 32.3 Å². The van der Waals surface area contributed by atoms with Crippen LogP contribution in [0.5, 0.6) is 0 Å². The number of dihydropyridines is 1. The molecule has 0 radical (unpaired) electrons. The Bertz CT molecular complexity index is 886. The van der Waals surface area contributed by atoms with Crippen LogP contribution in [-0.2, 0) is 23.9 Å². The summed E-state index contributed by atoms with van der Waals surface area (Å²) in [7, 11) is 0. The lowest BCUT2D eigenvalue weighted by Crippen LogP contribution is -2.33. The van der Waals surface area contributed by atoms with Crippen molar-refractivity contribution >= 4 is 23.9 Å². The molecule has 1 aromatic rings. The molecule has 0 bridgehead atoms. The first-order valence-corrected chi connectivity index (χ1v) is 8.61. The fraction of sp³-hybridized carbons (Fsp3) is 0.316. The van der Waals surface area contributed by atoms with E-state index in [2.05, 4.69) is 5.32 Å². The SMILES string of the molecule is CCOC(=O)C1=C(C)NC(C=O)=C(C(=O)OCC)C1c1cccc([N+](=O)[O-])c1. The van der Waals surface area contributed by atoms with E-state index in [1.54, 1.807) is 20.8 Å². The van der Waals surface area contributed by atoms with E-state index < -0.39 is 22.8 Å². The first kappa shape index (κ1) is 20.8. The molecule has 0 spiro atoms. The van der Waals surface area contributed by atoms with Gasteiger partial charge in [0.15, 0.2) is 6.29 Å². The average Bonchev–Trinajstić information content (AvgIpc) is 2.67. The molecule has 1 N–H and O–H groups in total. The fourth-order valence-corrected chi connectivity index (χ4v) is 3.01. The van der Waals surface area contributed by atoms with E-state index in [-0.39, 0.29) is 35.7 Å². The molecule has 1 aliphatic rings. The van der Waals surface area contributed by atoms with Gasteiger partial charge in [-0.1, -0.05) is 12.1 Å². The summed E-state index contributed by atoms with van der Waals surface area (Å²) in [5.41, 5.74) is 0.292. The zero-order chi connectivity index (χ0) is 20.8. The van der Waals surface area contributed by atoms with E-state index in [1.165, 1.54) is 24.3 Å². The predicted molar refractivity (Wildman–Crippen MR) is 98.0 cm³/mol. The maximum Gasteiger partial charge on any atom is 0.337 e. The lowest BCUT2D eigenvalue weighted by atomic mass is 9.80. The van der Waals surface area contributed by atoms with Crippen LogP contribution < -0.4 is 5.32 Å². The van der Waals surface area contributed by atoms with Gasteiger partial charge in [-0.2, -0.15) is 0 Å². The largest absolute Gasteiger partial charge is 0.463 e. The van der Waals surface area contributed by atoms with Crippen molar-refractivity contribution in [3.05, 3.63) is 62.5 Å². The monoisotopic (exact) mass is 388 g/mol. The molecule has 148 valence electrons. The Balaban J connectivity index is 2.75. The summed E-state index contributed by atoms with van der Waals surface area (Å²) >= 11 is 0. The molecule has 0 saturated heterocycles. The number of nitro benzene ring substituents is 1. The molecule has 1 aromatic carbocycles. The molecule has 1 unspecified atom stereocenters. The number of carbonyl (C=O) groups excluding carboxylic acids is 3. The van der Waals surface area contributed by atoms with E-state index in [0.29, 0.717) is 17.5 Å². The van der Waals surface area contributed by atoms with Crippen LogP contribution in [-0.4, -0.2) is 36.4 Å². The molecular formula is C19H20N2O7. The number of aldehydes is 1. The highest BCUT2D eigenvalue weighted by molar-refractivity contribution is 6.03. The quantitative estimate of drug-likeness (QED) is 0.326. The van der Waals surface area contributed by atoms with Gasteiger partial charge < -0.3 is 14.8 Å². The Morgan fingerprint density at radius 2 is 1.79 bits per heavy atom. The van der Waals surface area contributed by atoms with Crippen molar-refractivity contribution in [3.63, 3.8) is 0 Å². The van der Waals surface area contributed by atoms with Crippen LogP contribution in [0.25, 0.3) is 0 Å². The molecular weight excluding hydrogens is 368 g/mol. The van der Waals surface area contributed by atoms with Crippen LogP contribution in [0, 0.1) is 10.1 Å². The van der Waals surface area contributed by atoms with Crippen molar-refractivity contribution < 1.29 is 28.8 Å².